The molecule has 0 unspecified atom stereocenters. The minimum absolute atomic E-state index is 0.277. The van der Waals surface area contributed by atoms with E-state index in [0.717, 1.165) is 10.8 Å². The molecule has 0 fully saturated rings. The molecule has 0 heterocycles. The van der Waals surface area contributed by atoms with Gasteiger partial charge in [-0.15, -0.1) is 0 Å². The van der Waals surface area contributed by atoms with Crippen LogP contribution in [0, 0.1) is 0 Å². The van der Waals surface area contributed by atoms with E-state index in [9.17, 15) is 4.79 Å². The quantitative estimate of drug-likeness (QED) is 0.662. The van der Waals surface area contributed by atoms with Crippen LogP contribution in [0.2, 0.25) is 0 Å². The van der Waals surface area contributed by atoms with Gasteiger partial charge in [0.05, 0.1) is 14.2 Å². The highest BCUT2D eigenvalue weighted by atomic mass is 16.6. The minimum atomic E-state index is -0.500. The van der Waals surface area contributed by atoms with Gasteiger partial charge < -0.3 is 14.3 Å². The van der Waals surface area contributed by atoms with Crippen LogP contribution >= 0.6 is 0 Å². The SMILES string of the molecule is COC(=O)c1cc2cc(OC)ccc2cc1ON. The van der Waals surface area contributed by atoms with E-state index < -0.39 is 5.97 Å². The van der Waals surface area contributed by atoms with E-state index in [-0.39, 0.29) is 11.3 Å². The van der Waals surface area contributed by atoms with Gasteiger partial charge in [0.25, 0.3) is 0 Å². The number of benzene rings is 2. The van der Waals surface area contributed by atoms with Crippen LogP contribution in [-0.2, 0) is 4.74 Å². The lowest BCUT2D eigenvalue weighted by Gasteiger charge is -2.09. The zero-order chi connectivity index (χ0) is 13.1. The average Bonchev–Trinajstić information content (AvgIpc) is 2.44. The summed E-state index contributed by atoms with van der Waals surface area (Å²) in [7, 11) is 2.89. The van der Waals surface area contributed by atoms with Gasteiger partial charge in [-0.1, -0.05) is 6.07 Å². The molecule has 2 rings (SSSR count). The maximum absolute atomic E-state index is 11.6. The lowest BCUT2D eigenvalue weighted by atomic mass is 10.1. The molecule has 18 heavy (non-hydrogen) atoms. The Kier molecular flexibility index (Phi) is 3.34. The number of carbonyl (C=O) groups excluding carboxylic acids is 1. The number of esters is 1. The van der Waals surface area contributed by atoms with Crippen molar-refractivity contribution in [3.05, 3.63) is 35.9 Å². The van der Waals surface area contributed by atoms with Crippen molar-refractivity contribution in [2.75, 3.05) is 14.2 Å². The van der Waals surface area contributed by atoms with Crippen LogP contribution in [0.3, 0.4) is 0 Å². The fraction of sp³-hybridized carbons (Fsp3) is 0.154. The second-order valence-corrected chi connectivity index (χ2v) is 3.67. The smallest absolute Gasteiger partial charge is 0.341 e. The Hall–Kier alpha value is -2.27. The van der Waals surface area contributed by atoms with Gasteiger partial charge in [0, 0.05) is 0 Å². The molecular formula is C13H13NO4. The van der Waals surface area contributed by atoms with Crippen molar-refractivity contribution in [1.29, 1.82) is 0 Å². The normalized spacial score (nSPS) is 10.2. The first-order valence-corrected chi connectivity index (χ1v) is 5.26. The number of methoxy groups -OCH3 is 2. The number of hydrogen-bond donors (Lipinski definition) is 1. The van der Waals surface area contributed by atoms with E-state index in [1.165, 1.54) is 7.11 Å². The lowest BCUT2D eigenvalue weighted by molar-refractivity contribution is 0.0596. The lowest BCUT2D eigenvalue weighted by Crippen LogP contribution is -2.09. The summed E-state index contributed by atoms with van der Waals surface area (Å²) in [5.41, 5.74) is 0.278. The number of rotatable bonds is 3. The summed E-state index contributed by atoms with van der Waals surface area (Å²) < 4.78 is 9.81. The molecule has 0 spiro atoms. The molecular weight excluding hydrogens is 234 g/mol. The van der Waals surface area contributed by atoms with Crippen molar-refractivity contribution in [2.45, 2.75) is 0 Å². The highest BCUT2D eigenvalue weighted by Gasteiger charge is 2.14. The molecule has 0 bridgehead atoms. The van der Waals surface area contributed by atoms with E-state index in [2.05, 4.69) is 4.74 Å². The Bertz CT molecular complexity index is 595. The molecule has 5 heteroatoms. The first kappa shape index (κ1) is 12.2. The summed E-state index contributed by atoms with van der Waals surface area (Å²) in [6.07, 6.45) is 0. The van der Waals surface area contributed by atoms with Gasteiger partial charge in [0.1, 0.15) is 11.3 Å². The molecule has 0 amide bonds. The van der Waals surface area contributed by atoms with Crippen LogP contribution in [-0.4, -0.2) is 20.2 Å². The molecule has 0 aliphatic heterocycles. The van der Waals surface area contributed by atoms with Crippen molar-refractivity contribution in [1.82, 2.24) is 0 Å². The van der Waals surface area contributed by atoms with Gasteiger partial charge in [-0.3, -0.25) is 0 Å². The molecule has 0 saturated carbocycles. The van der Waals surface area contributed by atoms with Crippen molar-refractivity contribution in [3.8, 4) is 11.5 Å². The van der Waals surface area contributed by atoms with Gasteiger partial charge in [0.15, 0.2) is 5.75 Å². The molecule has 5 nitrogen and oxygen atoms in total. The second kappa shape index (κ2) is 4.93. The molecule has 2 aromatic carbocycles. The molecule has 0 saturated heterocycles. The third kappa shape index (κ3) is 2.08. The van der Waals surface area contributed by atoms with Gasteiger partial charge in [-0.05, 0) is 35.0 Å². The molecule has 94 valence electrons. The van der Waals surface area contributed by atoms with Crippen molar-refractivity contribution in [2.24, 2.45) is 5.90 Å². The highest BCUT2D eigenvalue weighted by Crippen LogP contribution is 2.28. The first-order chi connectivity index (χ1) is 8.69. The van der Waals surface area contributed by atoms with Crippen LogP contribution in [0.25, 0.3) is 10.8 Å². The van der Waals surface area contributed by atoms with E-state index in [1.807, 2.05) is 18.2 Å². The zero-order valence-corrected chi connectivity index (χ0v) is 10.1. The molecule has 0 radical (unpaired) electrons. The topological polar surface area (TPSA) is 70.8 Å². The number of carbonyl (C=O) groups is 1. The first-order valence-electron chi connectivity index (χ1n) is 5.26. The Balaban J connectivity index is 2.65. The molecule has 0 atom stereocenters. The number of nitrogens with two attached hydrogens (primary N) is 1. The maximum Gasteiger partial charge on any atom is 0.341 e. The minimum Gasteiger partial charge on any atom is -0.497 e. The van der Waals surface area contributed by atoms with Gasteiger partial charge in [-0.2, -0.15) is 5.90 Å². The van der Waals surface area contributed by atoms with Gasteiger partial charge >= 0.3 is 5.97 Å². The molecule has 2 aromatic rings. The Labute approximate surface area is 104 Å². The number of ether oxygens (including phenoxy) is 2. The predicted octanol–water partition coefficient (Wildman–Crippen LogP) is 1.89. The number of hydrogen-bond acceptors (Lipinski definition) is 5. The van der Waals surface area contributed by atoms with Crippen molar-refractivity contribution < 1.29 is 19.1 Å². The fourth-order valence-electron chi connectivity index (χ4n) is 1.75. The summed E-state index contributed by atoms with van der Waals surface area (Å²) in [6, 6.07) is 8.84. The molecule has 2 N–H and O–H groups in total. The zero-order valence-electron chi connectivity index (χ0n) is 10.1. The third-order valence-electron chi connectivity index (χ3n) is 2.68. The van der Waals surface area contributed by atoms with Crippen LogP contribution in [0.1, 0.15) is 10.4 Å². The van der Waals surface area contributed by atoms with E-state index in [1.54, 1.807) is 19.2 Å². The van der Waals surface area contributed by atoms with Gasteiger partial charge in [-0.25, -0.2) is 4.79 Å². The van der Waals surface area contributed by atoms with Crippen molar-refractivity contribution in [3.63, 3.8) is 0 Å². The number of fused-ring (bicyclic) bond motifs is 1. The fourth-order valence-corrected chi connectivity index (χ4v) is 1.75. The van der Waals surface area contributed by atoms with E-state index >= 15 is 0 Å². The summed E-state index contributed by atoms with van der Waals surface area (Å²) in [5, 5.41) is 1.74. The Morgan fingerprint density at radius 1 is 1.11 bits per heavy atom. The van der Waals surface area contributed by atoms with E-state index in [4.69, 9.17) is 15.5 Å². The van der Waals surface area contributed by atoms with Crippen LogP contribution in [0.5, 0.6) is 11.5 Å². The van der Waals surface area contributed by atoms with Crippen LogP contribution < -0.4 is 15.5 Å². The summed E-state index contributed by atoms with van der Waals surface area (Å²) in [6.45, 7) is 0. The maximum atomic E-state index is 11.6. The Morgan fingerprint density at radius 3 is 2.50 bits per heavy atom. The van der Waals surface area contributed by atoms with Gasteiger partial charge in [0.2, 0.25) is 0 Å². The Morgan fingerprint density at radius 2 is 1.89 bits per heavy atom. The van der Waals surface area contributed by atoms with Crippen LogP contribution in [0.4, 0.5) is 0 Å². The van der Waals surface area contributed by atoms with E-state index in [0.29, 0.717) is 5.75 Å². The summed E-state index contributed by atoms with van der Waals surface area (Å²) >= 11 is 0. The third-order valence-corrected chi connectivity index (χ3v) is 2.68. The monoisotopic (exact) mass is 247 g/mol. The van der Waals surface area contributed by atoms with Crippen LogP contribution in [0.15, 0.2) is 30.3 Å². The predicted molar refractivity (Wildman–Crippen MR) is 66.7 cm³/mol. The standard InChI is InChI=1S/C13H13NO4/c1-16-10-4-3-8-7-12(18-14)11(13(15)17-2)6-9(8)5-10/h3-7H,14H2,1-2H3. The summed E-state index contributed by atoms with van der Waals surface area (Å²) in [4.78, 5) is 16.3. The summed E-state index contributed by atoms with van der Waals surface area (Å²) in [5.74, 6) is 5.64. The average molecular weight is 247 g/mol. The highest BCUT2D eigenvalue weighted by molar-refractivity contribution is 5.99. The van der Waals surface area contributed by atoms with Crippen molar-refractivity contribution >= 4 is 16.7 Å². The second-order valence-electron chi connectivity index (χ2n) is 3.67. The molecule has 0 aromatic heterocycles. The molecule has 0 aliphatic carbocycles. The molecule has 0 aliphatic rings. The largest absolute Gasteiger partial charge is 0.497 e.